The van der Waals surface area contributed by atoms with Crippen LogP contribution >= 0.6 is 0 Å². The Bertz CT molecular complexity index is 1770. The Labute approximate surface area is 246 Å². The lowest BCUT2D eigenvalue weighted by molar-refractivity contribution is -0.141. The van der Waals surface area contributed by atoms with Crippen LogP contribution in [0.1, 0.15) is 57.2 Å². The normalized spacial score (nSPS) is 11.5. The van der Waals surface area contributed by atoms with Crippen molar-refractivity contribution in [3.8, 4) is 0 Å². The van der Waals surface area contributed by atoms with Gasteiger partial charge < -0.3 is 15.5 Å². The Kier molecular flexibility index (Phi) is 8.86. The number of ether oxygens (including phenoxy) is 1. The lowest BCUT2D eigenvalue weighted by atomic mass is 9.99. The van der Waals surface area contributed by atoms with E-state index in [1.165, 1.54) is 0 Å². The lowest BCUT2D eigenvalue weighted by Crippen LogP contribution is -2.37. The van der Waals surface area contributed by atoms with Crippen molar-refractivity contribution in [2.45, 2.75) is 52.4 Å². The number of Topliss-reactive ketones (excluding diaryl/α,β-unsaturated/α-hetero) is 1. The van der Waals surface area contributed by atoms with Gasteiger partial charge in [-0.05, 0) is 75.9 Å². The van der Waals surface area contributed by atoms with Gasteiger partial charge >= 0.3 is 5.97 Å². The highest BCUT2D eigenvalue weighted by molar-refractivity contribution is 7.93. The number of anilines is 1. The SMILES string of the molecule is CCOC(=O)CN(c1ccc2[nH]c(C)c(C(=O)CCc3ccc(C(=N)N)cc3)c2c1)S(=O)(=O)c1c(C)cc(C)cc1C. The van der Waals surface area contributed by atoms with Crippen molar-refractivity contribution in [2.75, 3.05) is 17.5 Å². The Hall–Kier alpha value is -4.44. The number of rotatable bonds is 11. The lowest BCUT2D eigenvalue weighted by Gasteiger charge is -2.26. The van der Waals surface area contributed by atoms with E-state index in [0.717, 1.165) is 15.4 Å². The van der Waals surface area contributed by atoms with Crippen LogP contribution in [0.25, 0.3) is 10.9 Å². The summed E-state index contributed by atoms with van der Waals surface area (Å²) in [5.74, 6) is -0.799. The molecule has 220 valence electrons. The van der Waals surface area contributed by atoms with Gasteiger partial charge in [-0.15, -0.1) is 0 Å². The van der Waals surface area contributed by atoms with Gasteiger partial charge in [-0.3, -0.25) is 19.3 Å². The number of aromatic amines is 1. The zero-order valence-electron chi connectivity index (χ0n) is 24.5. The van der Waals surface area contributed by atoms with Crippen LogP contribution in [0, 0.1) is 33.1 Å². The standard InChI is InChI=1S/C32H36N4O5S/c1-6-41-29(38)18-36(42(39,40)31-20(3)15-19(2)16-21(31)4)25-12-13-27-26(17-25)30(22(5)35-27)28(37)14-9-23-7-10-24(11-8-23)32(33)34/h7-8,10-13,15-17,35H,6,9,14,18H2,1-5H3,(H3,33,34). The number of esters is 1. The molecule has 0 spiro atoms. The molecule has 3 aromatic carbocycles. The monoisotopic (exact) mass is 588 g/mol. The molecule has 0 atom stereocenters. The molecule has 9 nitrogen and oxygen atoms in total. The van der Waals surface area contributed by atoms with Gasteiger partial charge in [0.05, 0.1) is 17.2 Å². The van der Waals surface area contributed by atoms with E-state index in [1.807, 2.05) is 19.1 Å². The van der Waals surface area contributed by atoms with Crippen LogP contribution in [-0.4, -0.2) is 44.1 Å². The van der Waals surface area contributed by atoms with Crippen LogP contribution in [0.5, 0.6) is 0 Å². The van der Waals surface area contributed by atoms with Gasteiger partial charge in [0.15, 0.2) is 5.78 Å². The summed E-state index contributed by atoms with van der Waals surface area (Å²) in [5, 5.41) is 8.12. The number of nitrogens with two attached hydrogens (primary N) is 1. The number of benzene rings is 3. The Morgan fingerprint density at radius 3 is 2.21 bits per heavy atom. The van der Waals surface area contributed by atoms with Crippen LogP contribution in [0.4, 0.5) is 5.69 Å². The molecule has 0 fully saturated rings. The maximum atomic E-state index is 14.1. The molecule has 0 aliphatic rings. The number of fused-ring (bicyclic) bond motifs is 1. The second-order valence-corrected chi connectivity index (χ2v) is 12.2. The summed E-state index contributed by atoms with van der Waals surface area (Å²) < 4.78 is 34.5. The van der Waals surface area contributed by atoms with Crippen molar-refractivity contribution >= 4 is 44.2 Å². The molecular weight excluding hydrogens is 552 g/mol. The molecule has 1 heterocycles. The molecule has 0 amide bonds. The molecule has 0 radical (unpaired) electrons. The summed E-state index contributed by atoms with van der Waals surface area (Å²) >= 11 is 0. The van der Waals surface area contributed by atoms with Crippen LogP contribution in [0.2, 0.25) is 0 Å². The summed E-state index contributed by atoms with van der Waals surface area (Å²) in [7, 11) is -4.18. The van der Waals surface area contributed by atoms with Crippen molar-refractivity contribution in [2.24, 2.45) is 5.73 Å². The number of amidine groups is 1. The number of sulfonamides is 1. The topological polar surface area (TPSA) is 146 Å². The third-order valence-electron chi connectivity index (χ3n) is 7.17. The van der Waals surface area contributed by atoms with E-state index in [1.54, 1.807) is 70.2 Å². The second-order valence-electron chi connectivity index (χ2n) is 10.4. The molecule has 4 aromatic rings. The molecule has 4 N–H and O–H groups in total. The number of nitrogen functional groups attached to an aromatic ring is 1. The smallest absolute Gasteiger partial charge is 0.326 e. The molecule has 0 saturated heterocycles. The van der Waals surface area contributed by atoms with Crippen LogP contribution in [-0.2, 0) is 26.0 Å². The van der Waals surface area contributed by atoms with Crippen LogP contribution < -0.4 is 10.0 Å². The number of carbonyl (C=O) groups excluding carboxylic acids is 2. The van der Waals surface area contributed by atoms with Gasteiger partial charge in [-0.25, -0.2) is 8.42 Å². The summed E-state index contributed by atoms with van der Waals surface area (Å²) in [6.07, 6.45) is 0.711. The number of ketones is 1. The average Bonchev–Trinajstić information content (AvgIpc) is 3.24. The number of H-pyrrole nitrogens is 1. The van der Waals surface area contributed by atoms with Gasteiger partial charge in [0.1, 0.15) is 12.4 Å². The first kappa shape index (κ1) is 30.5. The number of aryl methyl sites for hydroxylation is 5. The van der Waals surface area contributed by atoms with Gasteiger partial charge in [0.25, 0.3) is 10.0 Å². The summed E-state index contributed by atoms with van der Waals surface area (Å²) in [6.45, 7) is 8.43. The number of hydrogen-bond donors (Lipinski definition) is 3. The first-order valence-corrected chi connectivity index (χ1v) is 15.1. The summed E-state index contributed by atoms with van der Waals surface area (Å²) in [5.41, 5.74) is 11.2. The minimum Gasteiger partial charge on any atom is -0.465 e. The van der Waals surface area contributed by atoms with Crippen LogP contribution in [0.3, 0.4) is 0 Å². The molecule has 0 aliphatic carbocycles. The highest BCUT2D eigenvalue weighted by Gasteiger charge is 2.31. The van der Waals surface area contributed by atoms with Crippen molar-refractivity contribution in [1.82, 2.24) is 4.98 Å². The molecular formula is C32H36N4O5S. The molecule has 0 unspecified atom stereocenters. The zero-order valence-corrected chi connectivity index (χ0v) is 25.3. The summed E-state index contributed by atoms with van der Waals surface area (Å²) in [6, 6.07) is 15.8. The van der Waals surface area contributed by atoms with Crippen molar-refractivity contribution in [3.05, 3.63) is 93.7 Å². The number of aromatic nitrogens is 1. The maximum absolute atomic E-state index is 14.1. The van der Waals surface area contributed by atoms with Crippen LogP contribution in [0.15, 0.2) is 59.5 Å². The largest absolute Gasteiger partial charge is 0.465 e. The molecule has 1 aromatic heterocycles. The van der Waals surface area contributed by atoms with Crippen molar-refractivity contribution in [1.29, 1.82) is 5.41 Å². The first-order chi connectivity index (χ1) is 19.8. The van der Waals surface area contributed by atoms with E-state index < -0.39 is 22.5 Å². The fourth-order valence-corrected chi connectivity index (χ4v) is 7.20. The van der Waals surface area contributed by atoms with E-state index in [2.05, 4.69) is 4.98 Å². The minimum atomic E-state index is -4.18. The maximum Gasteiger partial charge on any atom is 0.326 e. The Balaban J connectivity index is 1.74. The van der Waals surface area contributed by atoms with Crippen molar-refractivity contribution in [3.63, 3.8) is 0 Å². The third kappa shape index (κ3) is 6.23. The van der Waals surface area contributed by atoms with Gasteiger partial charge in [0, 0.05) is 34.1 Å². The number of nitrogens with zero attached hydrogens (tertiary/aromatic N) is 1. The molecule has 0 bridgehead atoms. The van der Waals surface area contributed by atoms with E-state index in [4.69, 9.17) is 15.9 Å². The highest BCUT2D eigenvalue weighted by atomic mass is 32.2. The number of nitrogens with one attached hydrogen (secondary N) is 2. The minimum absolute atomic E-state index is 0.0189. The fourth-order valence-electron chi connectivity index (χ4n) is 5.39. The van der Waals surface area contributed by atoms with E-state index in [-0.39, 0.29) is 35.2 Å². The number of hydrogen-bond acceptors (Lipinski definition) is 6. The predicted octanol–water partition coefficient (Wildman–Crippen LogP) is 5.26. The molecule has 0 aliphatic heterocycles. The molecule has 42 heavy (non-hydrogen) atoms. The van der Waals surface area contributed by atoms with Gasteiger partial charge in [-0.2, -0.15) is 0 Å². The zero-order chi connectivity index (χ0) is 30.8. The fraction of sp³-hybridized carbons (Fsp3) is 0.281. The molecule has 10 heteroatoms. The Morgan fingerprint density at radius 2 is 1.62 bits per heavy atom. The van der Waals surface area contributed by atoms with Gasteiger partial charge in [-0.1, -0.05) is 42.0 Å². The quantitative estimate of drug-likeness (QED) is 0.0943. The molecule has 4 rings (SSSR count). The highest BCUT2D eigenvalue weighted by Crippen LogP contribution is 2.33. The molecule has 0 saturated carbocycles. The van der Waals surface area contributed by atoms with Gasteiger partial charge in [0.2, 0.25) is 0 Å². The summed E-state index contributed by atoms with van der Waals surface area (Å²) in [4.78, 5) is 29.5. The number of carbonyl (C=O) groups is 2. The predicted molar refractivity (Wildman–Crippen MR) is 165 cm³/mol. The van der Waals surface area contributed by atoms with E-state index >= 15 is 0 Å². The third-order valence-corrected chi connectivity index (χ3v) is 9.25. The van der Waals surface area contributed by atoms with Crippen molar-refractivity contribution < 1.29 is 22.7 Å². The average molecular weight is 589 g/mol. The van der Waals surface area contributed by atoms with E-state index in [9.17, 15) is 18.0 Å². The Morgan fingerprint density at radius 1 is 0.976 bits per heavy atom. The second kappa shape index (κ2) is 12.2. The first-order valence-electron chi connectivity index (χ1n) is 13.7. The van der Waals surface area contributed by atoms with E-state index in [0.29, 0.717) is 45.3 Å².